The number of ether oxygens (including phenoxy) is 1. The Kier molecular flexibility index (Phi) is 7.65. The molecule has 1 aromatic carbocycles. The van der Waals surface area contributed by atoms with Crippen LogP contribution in [0.25, 0.3) is 0 Å². The highest BCUT2D eigenvalue weighted by atomic mass is 16.5. The minimum absolute atomic E-state index is 0.0222. The van der Waals surface area contributed by atoms with E-state index in [0.717, 1.165) is 0 Å². The Morgan fingerprint density at radius 1 is 1.36 bits per heavy atom. The number of hydrogen-bond donors (Lipinski definition) is 4. The summed E-state index contributed by atoms with van der Waals surface area (Å²) in [5, 5.41) is 18.3. The smallest absolute Gasteiger partial charge is 0.319 e. The van der Waals surface area contributed by atoms with Crippen LogP contribution in [0.3, 0.4) is 0 Å². The number of nitrogens with zero attached hydrogens (tertiary/aromatic N) is 1. The second kappa shape index (κ2) is 9.75. The number of urea groups is 1. The number of anilines is 1. The van der Waals surface area contributed by atoms with Gasteiger partial charge in [-0.2, -0.15) is 0 Å². The summed E-state index contributed by atoms with van der Waals surface area (Å²) in [6.07, 6.45) is -0.207. The van der Waals surface area contributed by atoms with Crippen molar-refractivity contribution in [2.45, 2.75) is 45.9 Å². The second-order valence-electron chi connectivity index (χ2n) is 7.62. The lowest BCUT2D eigenvalue weighted by atomic mass is 9.99. The summed E-state index contributed by atoms with van der Waals surface area (Å²) in [6.45, 7) is 8.50. The molecule has 0 aromatic heterocycles. The maximum absolute atomic E-state index is 13.2. The molecule has 0 saturated heterocycles. The SMILES string of the molecule is CNC[C@H]1Oc2c(NC(=O)NC(C)C)cccc2C(=O)N([C@@H](C)CO)C[C@H]1C. The molecule has 0 radical (unpaired) electrons. The Bertz CT molecular complexity index is 695. The van der Waals surface area contributed by atoms with Crippen LogP contribution in [0.1, 0.15) is 38.1 Å². The van der Waals surface area contributed by atoms with Crippen LogP contribution in [0.2, 0.25) is 0 Å². The number of aliphatic hydroxyl groups excluding tert-OH is 1. The van der Waals surface area contributed by atoms with Gasteiger partial charge < -0.3 is 30.7 Å². The van der Waals surface area contributed by atoms with Crippen molar-refractivity contribution in [3.63, 3.8) is 0 Å². The lowest BCUT2D eigenvalue weighted by molar-refractivity contribution is 0.0417. The monoisotopic (exact) mass is 392 g/mol. The summed E-state index contributed by atoms with van der Waals surface area (Å²) < 4.78 is 6.24. The van der Waals surface area contributed by atoms with E-state index in [1.165, 1.54) is 0 Å². The first-order valence-corrected chi connectivity index (χ1v) is 9.72. The number of carbonyl (C=O) groups excluding carboxylic acids is 2. The van der Waals surface area contributed by atoms with Crippen molar-refractivity contribution in [1.82, 2.24) is 15.5 Å². The molecule has 0 saturated carbocycles. The Balaban J connectivity index is 2.48. The third-order valence-corrected chi connectivity index (χ3v) is 4.76. The number of hydrogen-bond acceptors (Lipinski definition) is 5. The first-order chi connectivity index (χ1) is 13.3. The standard InChI is InChI=1S/C20H32N4O4/c1-12(2)22-20(27)23-16-8-6-7-15-18(16)28-17(9-21-5)13(3)10-24(19(15)26)14(4)11-25/h6-8,12-14,17,21,25H,9-11H2,1-5H3,(H2,22,23,27)/t13-,14+,17-/m1/s1. The van der Waals surface area contributed by atoms with Gasteiger partial charge in [-0.15, -0.1) is 0 Å². The van der Waals surface area contributed by atoms with Crippen LogP contribution in [-0.2, 0) is 0 Å². The zero-order valence-electron chi connectivity index (χ0n) is 17.3. The van der Waals surface area contributed by atoms with Crippen LogP contribution in [0.15, 0.2) is 18.2 Å². The highest BCUT2D eigenvalue weighted by Gasteiger charge is 2.33. The maximum atomic E-state index is 13.2. The average Bonchev–Trinajstić information content (AvgIpc) is 2.64. The maximum Gasteiger partial charge on any atom is 0.319 e. The van der Waals surface area contributed by atoms with Gasteiger partial charge in [-0.05, 0) is 40.0 Å². The van der Waals surface area contributed by atoms with Crippen molar-refractivity contribution in [3.05, 3.63) is 23.8 Å². The van der Waals surface area contributed by atoms with Crippen LogP contribution < -0.4 is 20.7 Å². The number of para-hydroxylation sites is 1. The number of rotatable bonds is 6. The van der Waals surface area contributed by atoms with Gasteiger partial charge in [0.1, 0.15) is 6.10 Å². The minimum Gasteiger partial charge on any atom is -0.486 e. The van der Waals surface area contributed by atoms with Gasteiger partial charge in [0.2, 0.25) is 0 Å². The van der Waals surface area contributed by atoms with E-state index in [9.17, 15) is 14.7 Å². The van der Waals surface area contributed by atoms with E-state index in [1.54, 1.807) is 23.1 Å². The summed E-state index contributed by atoms with van der Waals surface area (Å²) in [4.78, 5) is 27.1. The van der Waals surface area contributed by atoms with Gasteiger partial charge in [-0.1, -0.05) is 13.0 Å². The highest BCUT2D eigenvalue weighted by molar-refractivity contribution is 6.01. The number of nitrogens with one attached hydrogen (secondary N) is 3. The van der Waals surface area contributed by atoms with Crippen LogP contribution in [0.4, 0.5) is 10.5 Å². The quantitative estimate of drug-likeness (QED) is 0.590. The minimum atomic E-state index is -0.361. The summed E-state index contributed by atoms with van der Waals surface area (Å²) in [6, 6.07) is 4.41. The van der Waals surface area contributed by atoms with E-state index >= 15 is 0 Å². The number of fused-ring (bicyclic) bond motifs is 1. The number of likely N-dealkylation sites (N-methyl/N-ethyl adjacent to an activating group) is 1. The first kappa shape index (κ1) is 22.0. The molecular weight excluding hydrogens is 360 g/mol. The molecule has 0 fully saturated rings. The number of carbonyl (C=O) groups is 2. The van der Waals surface area contributed by atoms with Gasteiger partial charge in [-0.25, -0.2) is 4.79 Å². The summed E-state index contributed by atoms with van der Waals surface area (Å²) in [7, 11) is 1.84. The number of amides is 3. The van der Waals surface area contributed by atoms with Crippen molar-refractivity contribution in [3.8, 4) is 5.75 Å². The predicted octanol–water partition coefficient (Wildman–Crippen LogP) is 1.66. The van der Waals surface area contributed by atoms with Crippen molar-refractivity contribution in [2.24, 2.45) is 5.92 Å². The van der Waals surface area contributed by atoms with E-state index < -0.39 is 0 Å². The zero-order valence-corrected chi connectivity index (χ0v) is 17.3. The highest BCUT2D eigenvalue weighted by Crippen LogP contribution is 2.34. The molecule has 1 heterocycles. The van der Waals surface area contributed by atoms with Gasteiger partial charge in [0, 0.05) is 25.0 Å². The number of aliphatic hydroxyl groups is 1. The lowest BCUT2D eigenvalue weighted by Crippen LogP contribution is -2.49. The molecule has 8 heteroatoms. The lowest BCUT2D eigenvalue weighted by Gasteiger charge is -2.37. The van der Waals surface area contributed by atoms with Gasteiger partial charge in [-0.3, -0.25) is 4.79 Å². The van der Waals surface area contributed by atoms with Crippen molar-refractivity contribution in [2.75, 3.05) is 32.1 Å². The van der Waals surface area contributed by atoms with E-state index in [2.05, 4.69) is 16.0 Å². The van der Waals surface area contributed by atoms with Crippen LogP contribution in [-0.4, -0.2) is 66.9 Å². The molecule has 0 spiro atoms. The largest absolute Gasteiger partial charge is 0.486 e. The van der Waals surface area contributed by atoms with Crippen molar-refractivity contribution < 1.29 is 19.4 Å². The molecule has 0 unspecified atom stereocenters. The molecule has 1 aliphatic heterocycles. The Hall–Kier alpha value is -2.32. The zero-order chi connectivity index (χ0) is 20.8. The van der Waals surface area contributed by atoms with E-state index in [-0.39, 0.29) is 42.7 Å². The van der Waals surface area contributed by atoms with Crippen LogP contribution >= 0.6 is 0 Å². The molecule has 28 heavy (non-hydrogen) atoms. The summed E-state index contributed by atoms with van der Waals surface area (Å²) in [5.41, 5.74) is 0.812. The third-order valence-electron chi connectivity index (χ3n) is 4.76. The fourth-order valence-electron chi connectivity index (χ4n) is 3.21. The van der Waals surface area contributed by atoms with Gasteiger partial charge in [0.15, 0.2) is 5.75 Å². The molecule has 1 aliphatic rings. The van der Waals surface area contributed by atoms with Crippen molar-refractivity contribution in [1.29, 1.82) is 0 Å². The fraction of sp³-hybridized carbons (Fsp3) is 0.600. The van der Waals surface area contributed by atoms with Crippen molar-refractivity contribution >= 4 is 17.6 Å². The van der Waals surface area contributed by atoms with Gasteiger partial charge >= 0.3 is 6.03 Å². The first-order valence-electron chi connectivity index (χ1n) is 9.72. The second-order valence-corrected chi connectivity index (χ2v) is 7.62. The Morgan fingerprint density at radius 2 is 2.07 bits per heavy atom. The fourth-order valence-corrected chi connectivity index (χ4v) is 3.21. The topological polar surface area (TPSA) is 103 Å². The van der Waals surface area contributed by atoms with E-state index in [1.807, 2.05) is 34.7 Å². The molecule has 3 atom stereocenters. The van der Waals surface area contributed by atoms with E-state index in [0.29, 0.717) is 30.1 Å². The normalized spacial score (nSPS) is 20.7. The average molecular weight is 393 g/mol. The molecule has 156 valence electrons. The number of benzene rings is 1. The molecule has 0 bridgehead atoms. The molecule has 8 nitrogen and oxygen atoms in total. The summed E-state index contributed by atoms with van der Waals surface area (Å²) >= 11 is 0. The molecule has 4 N–H and O–H groups in total. The van der Waals surface area contributed by atoms with Gasteiger partial charge in [0.05, 0.1) is 23.9 Å². The Morgan fingerprint density at radius 3 is 2.68 bits per heavy atom. The van der Waals surface area contributed by atoms with Crippen LogP contribution in [0.5, 0.6) is 5.75 Å². The summed E-state index contributed by atoms with van der Waals surface area (Å²) in [5.74, 6) is 0.156. The Labute approximate surface area is 166 Å². The van der Waals surface area contributed by atoms with E-state index in [4.69, 9.17) is 4.74 Å². The molecule has 2 rings (SSSR count). The molecule has 0 aliphatic carbocycles. The van der Waals surface area contributed by atoms with Gasteiger partial charge in [0.25, 0.3) is 5.91 Å². The molecule has 3 amide bonds. The van der Waals surface area contributed by atoms with Crippen LogP contribution in [0, 0.1) is 5.92 Å². The molecule has 1 aromatic rings. The third kappa shape index (κ3) is 5.14. The predicted molar refractivity (Wildman–Crippen MR) is 109 cm³/mol. The molecular formula is C20H32N4O4.